The van der Waals surface area contributed by atoms with Crippen molar-refractivity contribution in [3.63, 3.8) is 0 Å². The van der Waals surface area contributed by atoms with Crippen molar-refractivity contribution >= 4 is 57.1 Å². The van der Waals surface area contributed by atoms with Gasteiger partial charge in [0.2, 0.25) is 5.91 Å². The van der Waals surface area contributed by atoms with Crippen LogP contribution in [0.1, 0.15) is 264 Å². The molecule has 26 rings (SSSR count). The molecule has 21 nitrogen and oxygen atoms in total. The van der Waals surface area contributed by atoms with E-state index in [4.69, 9.17) is 34.9 Å². The molecule has 12 heterocycles. The number of hydrogen-bond donors (Lipinski definition) is 7. The Labute approximate surface area is 792 Å². The van der Waals surface area contributed by atoms with Gasteiger partial charge >= 0.3 is 12.1 Å². The number of Topliss-reactive ketones (excluding diaryl/α,β-unsaturated/α-hetero) is 1. The van der Waals surface area contributed by atoms with Crippen LogP contribution in [0.15, 0.2) is 220 Å². The first-order valence-electron chi connectivity index (χ1n) is 50.9. The Kier molecular flexibility index (Phi) is 21.6. The van der Waals surface area contributed by atoms with Gasteiger partial charge in [-0.15, -0.1) is 0 Å². The van der Waals surface area contributed by atoms with E-state index in [9.17, 15) is 29.4 Å². The number of benzene rings is 2. The van der Waals surface area contributed by atoms with E-state index in [1.54, 1.807) is 0 Å². The standard InChI is InChI=1S/C41H48N4O4S.C28H30N2O.C24H33NO4.C19H23N3O2/c1-39-16-14-29-21-28-8-9-30(43-36(47)13-10-31(46)4-2-3-5-34-37-33(24-50-34)44-38(48)45-37)22-40(28)17-18-41(29,49-40)35(39)12-11-32(39)26-7-6-25-15-19-42-23-27(25)20-26;1-26-10-8-22-15-21-4-5-23(29)16-27(21)11-12-28(22,31-27)25(26)7-6-24(26)19-3-2-18-9-13-30-17-20(18)14-19;1-21(2,3)28-20(27)25-17-6-5-15-13-16-9-10-22(4)18(7-8-19(22)26)24(16)12-11-23(15,14-17)29-24;1-17-7-6-13-10-12-2-3-14(21-22-20)11-18(12)8-9-19(13,24-18)15(17)4-5-16(17)23/h6-9,14-15,19-21,23,30,32-35,37H,2-5,10-13,16-18,22,24H2,1H3,(H,43,47)(H2,44,45,48);2-5,8-9,13-15,17,23-25H,6-7,10-12,16,29H2,1H3;5-6,9,13,17-19,26H,7-8,10-12,14H2,1-4H3,(H,25,27);2-3,6,10,14-16,23H,4-5,7-9,11H2,1H3/t30-,32-,33+,34+,35-,37+,39-,40-,41-;23-,24-,25-,26-,27-,28-;17-,18-,19+,22+,23-,24-;14-,15-,16+,17+,18-,19-/m1111/s1. The Hall–Kier alpha value is -8.80. The fraction of sp³-hybridized carbons (Fsp3) is 0.589. The highest BCUT2D eigenvalue weighted by molar-refractivity contribution is 8.00. The van der Waals surface area contributed by atoms with Crippen LogP contribution in [0, 0.1) is 45.3 Å². The molecule has 8 N–H and O–H groups in total. The third-order valence-electron chi connectivity index (χ3n) is 38.3. The second kappa shape index (κ2) is 32.4. The lowest BCUT2D eigenvalue weighted by atomic mass is 9.58. The molecule has 4 saturated carbocycles. The fourth-order valence-electron chi connectivity index (χ4n) is 31.7. The number of nitrogens with one attached hydrogen (secondary N) is 4. The van der Waals surface area contributed by atoms with E-state index >= 15 is 0 Å². The van der Waals surface area contributed by atoms with Crippen molar-refractivity contribution in [2.75, 3.05) is 5.75 Å². The van der Waals surface area contributed by atoms with Gasteiger partial charge in [0.25, 0.3) is 0 Å². The predicted octanol–water partition coefficient (Wildman–Crippen LogP) is 20.5. The summed E-state index contributed by atoms with van der Waals surface area (Å²) in [5.41, 5.74) is 26.1. The number of nitrogens with zero attached hydrogens (tertiary/aromatic N) is 5. The van der Waals surface area contributed by atoms with Crippen molar-refractivity contribution in [3.05, 3.63) is 237 Å². The Bertz CT molecular complexity index is 6010. The monoisotopic (exact) mass is 1830 g/mol. The molecule has 22 aliphatic rings. The number of aliphatic hydroxyl groups excluding tert-OH is 2. The molecule has 27 atom stereocenters. The van der Waals surface area contributed by atoms with Gasteiger partial charge in [0, 0.05) is 112 Å². The van der Waals surface area contributed by atoms with Crippen molar-refractivity contribution in [1.82, 2.24) is 31.2 Å². The van der Waals surface area contributed by atoms with E-state index in [1.165, 1.54) is 90.1 Å². The number of pyridine rings is 2. The minimum atomic E-state index is -0.514. The zero-order chi connectivity index (χ0) is 92.2. The summed E-state index contributed by atoms with van der Waals surface area (Å²) in [6.45, 7) is 15.1. The van der Waals surface area contributed by atoms with Crippen LogP contribution < -0.4 is 27.0 Å². The van der Waals surface area contributed by atoms with Gasteiger partial charge in [-0.3, -0.25) is 19.6 Å². The number of carbonyl (C=O) groups excluding carboxylic acids is 4. The number of ether oxygens (including phenoxy) is 5. The number of alkyl carbamates (subject to hydrolysis) is 1. The number of aromatic nitrogens is 2. The van der Waals surface area contributed by atoms with Gasteiger partial charge in [0.15, 0.2) is 0 Å². The second-order valence-corrected chi connectivity index (χ2v) is 47.7. The van der Waals surface area contributed by atoms with E-state index in [0.29, 0.717) is 47.2 Å². The minimum absolute atomic E-state index is 0.0609. The number of unbranched alkanes of at least 4 members (excludes halogenated alkanes) is 1. The van der Waals surface area contributed by atoms with Gasteiger partial charge in [-0.05, 0) is 306 Å². The van der Waals surface area contributed by atoms with E-state index in [-0.39, 0.29) is 152 Å². The minimum Gasteiger partial charge on any atom is -0.444 e. The second-order valence-electron chi connectivity index (χ2n) is 46.5. The highest BCUT2D eigenvalue weighted by atomic mass is 32.2. The molecule has 22 heteroatoms. The largest absolute Gasteiger partial charge is 0.444 e. The first kappa shape index (κ1) is 89.1. The average Bonchev–Trinajstić information content (AvgIpc) is 1.54. The number of fused-ring (bicyclic) bond motifs is 7. The number of aliphatic hydroxyl groups is 2. The van der Waals surface area contributed by atoms with Crippen molar-refractivity contribution in [2.24, 2.45) is 56.2 Å². The first-order valence-corrected chi connectivity index (χ1v) is 52.0. The quantitative estimate of drug-likeness (QED) is 0.0215. The molecule has 12 aliphatic carbocycles. The summed E-state index contributed by atoms with van der Waals surface area (Å²) >= 11 is 1.91. The number of rotatable bonds is 13. The molecule has 0 radical (unpaired) electrons. The third-order valence-corrected chi connectivity index (χ3v) is 39.9. The summed E-state index contributed by atoms with van der Waals surface area (Å²) in [6, 6.07) is 18.3. The van der Waals surface area contributed by atoms with Crippen molar-refractivity contribution in [2.45, 2.75) is 357 Å². The van der Waals surface area contributed by atoms with Crippen LogP contribution in [0.2, 0.25) is 0 Å². The summed E-state index contributed by atoms with van der Waals surface area (Å²) < 4.78 is 34.0. The van der Waals surface area contributed by atoms with Crippen LogP contribution in [0.25, 0.3) is 32.0 Å². The number of amides is 4. The SMILES string of the molecule is CC(C)(C)OC(=O)N[C@@H]1C=CC2=CC3=CC[C@@]4(C)[C@@H](CC[C@@H]4O)[C@@]34CC[C@]2(C1)O4.C[C@]12CC=C3C=C4C=C[C@@H](N)C[C@]45CC[C@]3(O5)[C@@H]1CC[C@@H]2c1ccc2ccncc2c1.C[C@]12CC=C3C=C4C=C[C@@H](N=[N+]=[N-])C[C@]45CC[C@]3(O5)[C@@H]1CC[C@@H]2O.C[C@]12CC=C3C=C4C=C[C@@H](NC(=O)CCC(=O)CCCC[C@@H]5SC[C@@H]6NC(=O)N[C@@H]65)C[C@]45CC[C@]3(O5)[C@@H]1CC[C@@H]2c1ccc2ccncc2c1. The van der Waals surface area contributed by atoms with Gasteiger partial charge in [0.1, 0.15) is 11.4 Å². The number of thioether (sulfide) groups is 1. The summed E-state index contributed by atoms with van der Waals surface area (Å²) in [5.74, 6) is 3.82. The molecule has 4 aromatic rings. The molecule has 10 fully saturated rings. The van der Waals surface area contributed by atoms with Gasteiger partial charge in [-0.1, -0.05) is 161 Å². The van der Waals surface area contributed by atoms with Crippen LogP contribution in [-0.2, 0) is 33.3 Å². The molecule has 2 aromatic heterocycles. The number of urea groups is 1. The summed E-state index contributed by atoms with van der Waals surface area (Å²) in [5, 5.41) is 42.8. The molecule has 704 valence electrons. The number of allylic oxidation sites excluding steroid dienone is 4. The van der Waals surface area contributed by atoms with E-state index in [0.717, 1.165) is 166 Å². The van der Waals surface area contributed by atoms with Crippen molar-refractivity contribution in [3.8, 4) is 0 Å². The number of ketones is 1. The van der Waals surface area contributed by atoms with Gasteiger partial charge in [0.05, 0.1) is 87.2 Å². The third kappa shape index (κ3) is 14.2. The first-order chi connectivity index (χ1) is 64.4. The number of hydrogen-bond acceptors (Lipinski definition) is 16. The maximum atomic E-state index is 13.1. The van der Waals surface area contributed by atoms with Crippen LogP contribution in [0.3, 0.4) is 0 Å². The van der Waals surface area contributed by atoms with Crippen LogP contribution in [0.4, 0.5) is 9.59 Å². The van der Waals surface area contributed by atoms with Crippen LogP contribution in [-0.4, -0.2) is 154 Å². The Balaban J connectivity index is 0.000000105. The maximum absolute atomic E-state index is 13.1. The Morgan fingerprint density at radius 3 is 1.49 bits per heavy atom. The van der Waals surface area contributed by atoms with Gasteiger partial charge in [-0.2, -0.15) is 11.8 Å². The van der Waals surface area contributed by atoms with Crippen molar-refractivity contribution in [1.29, 1.82) is 0 Å². The zero-order valence-electron chi connectivity index (χ0n) is 79.0. The molecule has 10 aliphatic heterocycles. The average molecular weight is 1830 g/mol. The van der Waals surface area contributed by atoms with E-state index in [2.05, 4.69) is 209 Å². The summed E-state index contributed by atoms with van der Waals surface area (Å²) in [4.78, 5) is 61.4. The topological polar surface area (TPSA) is 304 Å². The Morgan fingerprint density at radius 1 is 0.537 bits per heavy atom. The lowest BCUT2D eigenvalue weighted by Crippen LogP contribution is -2.55. The maximum Gasteiger partial charge on any atom is 0.408 e. The number of carbonyl (C=O) groups is 4. The number of azide groups is 1. The molecular formula is C112H134N10O11S. The van der Waals surface area contributed by atoms with Gasteiger partial charge in [-0.25, -0.2) is 9.59 Å². The predicted molar refractivity (Wildman–Crippen MR) is 520 cm³/mol. The van der Waals surface area contributed by atoms with E-state index in [1.807, 2.05) is 63.4 Å². The van der Waals surface area contributed by atoms with Crippen LogP contribution >= 0.6 is 11.8 Å². The lowest BCUT2D eigenvalue weighted by molar-refractivity contribution is -0.138. The zero-order valence-corrected chi connectivity index (χ0v) is 79.9. The molecule has 0 unspecified atom stereocenters. The van der Waals surface area contributed by atoms with Crippen molar-refractivity contribution < 1.29 is 53.1 Å². The molecule has 4 amide bonds. The molecule has 8 spiro atoms. The highest BCUT2D eigenvalue weighted by Gasteiger charge is 2.72. The molecular weight excluding hydrogens is 1690 g/mol. The Morgan fingerprint density at radius 2 is 0.993 bits per heavy atom. The molecule has 134 heavy (non-hydrogen) atoms. The molecule has 2 aromatic carbocycles. The number of nitrogens with two attached hydrogens (primary N) is 1. The summed E-state index contributed by atoms with van der Waals surface area (Å²) in [6.07, 6.45) is 70.7. The van der Waals surface area contributed by atoms with Gasteiger partial charge < -0.3 is 60.9 Å². The van der Waals surface area contributed by atoms with Crippen LogP contribution in [0.5, 0.6) is 0 Å². The summed E-state index contributed by atoms with van der Waals surface area (Å²) in [7, 11) is 0. The lowest BCUT2D eigenvalue weighted by Gasteiger charge is -2.53. The molecule has 6 saturated heterocycles. The highest BCUT2D eigenvalue weighted by Crippen LogP contribution is 2.73. The van der Waals surface area contributed by atoms with E-state index < -0.39 is 5.60 Å². The smallest absolute Gasteiger partial charge is 0.408 e. The molecule has 8 bridgehead atoms. The fourth-order valence-corrected chi connectivity index (χ4v) is 33.3. The normalized spacial score (nSPS) is 42.7.